The van der Waals surface area contributed by atoms with Crippen molar-refractivity contribution in [2.24, 2.45) is 0 Å². The third-order valence-electron chi connectivity index (χ3n) is 5.90. The molecule has 2 aliphatic heterocycles. The maximum Gasteiger partial charge on any atom is 0.272 e. The van der Waals surface area contributed by atoms with Crippen LogP contribution in [0.4, 0.5) is 5.69 Å². The molecular formula is C24H24N4O3. The summed E-state index contributed by atoms with van der Waals surface area (Å²) in [6.07, 6.45) is 2.30. The number of carbonyl (C=O) groups is 1. The van der Waals surface area contributed by atoms with Gasteiger partial charge in [0, 0.05) is 18.0 Å². The van der Waals surface area contributed by atoms with E-state index in [-0.39, 0.29) is 23.9 Å². The van der Waals surface area contributed by atoms with E-state index in [0.717, 1.165) is 23.2 Å². The Kier molecular flexibility index (Phi) is 5.26. The summed E-state index contributed by atoms with van der Waals surface area (Å²) < 4.78 is 6.95. The van der Waals surface area contributed by atoms with Gasteiger partial charge in [-0.1, -0.05) is 48.5 Å². The van der Waals surface area contributed by atoms with Crippen molar-refractivity contribution in [1.82, 2.24) is 9.66 Å². The highest BCUT2D eigenvalue weighted by Gasteiger charge is 2.35. The Morgan fingerprint density at radius 2 is 1.74 bits per heavy atom. The van der Waals surface area contributed by atoms with E-state index >= 15 is 0 Å². The Balaban J connectivity index is 1.49. The normalized spacial score (nSPS) is 18.1. The molecule has 31 heavy (non-hydrogen) atoms. The molecule has 0 saturated carbocycles. The predicted molar refractivity (Wildman–Crippen MR) is 118 cm³/mol. The van der Waals surface area contributed by atoms with Crippen LogP contribution in [-0.2, 0) is 22.4 Å². The van der Waals surface area contributed by atoms with Gasteiger partial charge in [-0.05, 0) is 23.6 Å². The molecule has 1 aromatic heterocycles. The number of para-hydroxylation sites is 1. The van der Waals surface area contributed by atoms with Crippen LogP contribution in [0, 0.1) is 0 Å². The molecule has 0 N–H and O–H groups in total. The van der Waals surface area contributed by atoms with Gasteiger partial charge in [0.05, 0.1) is 38.8 Å². The van der Waals surface area contributed by atoms with E-state index in [0.29, 0.717) is 32.1 Å². The summed E-state index contributed by atoms with van der Waals surface area (Å²) in [5, 5.41) is 1.91. The lowest BCUT2D eigenvalue weighted by molar-refractivity contribution is -0.118. The van der Waals surface area contributed by atoms with Crippen LogP contribution in [0.3, 0.4) is 0 Å². The molecule has 1 amide bonds. The zero-order valence-corrected chi connectivity index (χ0v) is 17.2. The smallest absolute Gasteiger partial charge is 0.272 e. The lowest BCUT2D eigenvalue weighted by atomic mass is 10.0. The number of nitrogens with zero attached hydrogens (tertiary/aromatic N) is 4. The standard InChI is InChI=1S/C24H24N4O3/c29-23-10-11-25-22(28(23)26-12-14-31-15-13-26)17-24(30)27-20-9-5-4-8-19(20)16-21(27)18-6-2-1-3-7-18/h1-11,21H,12-17H2/t21-/m0/s1. The van der Waals surface area contributed by atoms with E-state index in [2.05, 4.69) is 23.2 Å². The molecule has 2 aromatic carbocycles. The predicted octanol–water partition coefficient (Wildman–Crippen LogP) is 2.08. The number of hydrogen-bond donors (Lipinski definition) is 0. The number of ether oxygens (including phenoxy) is 1. The van der Waals surface area contributed by atoms with Crippen molar-refractivity contribution >= 4 is 11.6 Å². The van der Waals surface area contributed by atoms with Crippen LogP contribution >= 0.6 is 0 Å². The maximum absolute atomic E-state index is 13.6. The first-order valence-electron chi connectivity index (χ1n) is 10.6. The van der Waals surface area contributed by atoms with Gasteiger partial charge < -0.3 is 14.6 Å². The average Bonchev–Trinajstić information content (AvgIpc) is 3.20. The SMILES string of the molecule is O=C(Cc1nccc(=O)n1N1CCOCC1)N1c2ccccc2C[C@H]1c1ccccc1. The molecule has 1 fully saturated rings. The number of hydrogen-bond acceptors (Lipinski definition) is 5. The van der Waals surface area contributed by atoms with Crippen molar-refractivity contribution in [2.45, 2.75) is 18.9 Å². The van der Waals surface area contributed by atoms with Crippen molar-refractivity contribution in [1.29, 1.82) is 0 Å². The van der Waals surface area contributed by atoms with Gasteiger partial charge >= 0.3 is 0 Å². The molecule has 7 heteroatoms. The van der Waals surface area contributed by atoms with Crippen LogP contribution in [0.1, 0.15) is 23.0 Å². The highest BCUT2D eigenvalue weighted by molar-refractivity contribution is 5.97. The second-order valence-corrected chi connectivity index (χ2v) is 7.78. The van der Waals surface area contributed by atoms with E-state index in [4.69, 9.17) is 4.74 Å². The van der Waals surface area contributed by atoms with Gasteiger partial charge in [0.2, 0.25) is 5.91 Å². The molecule has 2 aliphatic rings. The largest absolute Gasteiger partial charge is 0.378 e. The van der Waals surface area contributed by atoms with Crippen molar-refractivity contribution < 1.29 is 9.53 Å². The summed E-state index contributed by atoms with van der Waals surface area (Å²) in [6, 6.07) is 19.5. The first-order chi connectivity index (χ1) is 15.2. The summed E-state index contributed by atoms with van der Waals surface area (Å²) in [6.45, 7) is 2.27. The molecule has 1 saturated heterocycles. The highest BCUT2D eigenvalue weighted by atomic mass is 16.5. The Labute approximate surface area is 180 Å². The first kappa shape index (κ1) is 19.5. The average molecular weight is 416 g/mol. The molecule has 3 aromatic rings. The fourth-order valence-electron chi connectivity index (χ4n) is 4.47. The number of aromatic nitrogens is 2. The second-order valence-electron chi connectivity index (χ2n) is 7.78. The number of fused-ring (bicyclic) bond motifs is 1. The number of carbonyl (C=O) groups excluding carboxylic acids is 1. The van der Waals surface area contributed by atoms with Gasteiger partial charge in [-0.25, -0.2) is 9.66 Å². The fraction of sp³-hybridized carbons (Fsp3) is 0.292. The van der Waals surface area contributed by atoms with E-state index in [1.54, 1.807) is 4.68 Å². The van der Waals surface area contributed by atoms with E-state index < -0.39 is 0 Å². The molecule has 0 aliphatic carbocycles. The van der Waals surface area contributed by atoms with Gasteiger partial charge in [-0.2, -0.15) is 0 Å². The van der Waals surface area contributed by atoms with Gasteiger partial charge in [0.1, 0.15) is 5.82 Å². The quantitative estimate of drug-likeness (QED) is 0.652. The van der Waals surface area contributed by atoms with E-state index in [1.807, 2.05) is 46.3 Å². The number of rotatable bonds is 4. The molecule has 0 spiro atoms. The van der Waals surface area contributed by atoms with Crippen LogP contribution in [0.15, 0.2) is 71.7 Å². The molecule has 5 rings (SSSR count). The second kappa shape index (κ2) is 8.35. The molecule has 1 atom stereocenters. The fourth-order valence-corrected chi connectivity index (χ4v) is 4.47. The number of benzene rings is 2. The summed E-state index contributed by atoms with van der Waals surface area (Å²) in [5.74, 6) is 0.384. The first-order valence-corrected chi connectivity index (χ1v) is 10.6. The summed E-state index contributed by atoms with van der Waals surface area (Å²) in [7, 11) is 0. The van der Waals surface area contributed by atoms with Crippen molar-refractivity contribution in [3.8, 4) is 0 Å². The minimum Gasteiger partial charge on any atom is -0.378 e. The highest BCUT2D eigenvalue weighted by Crippen LogP contribution is 2.40. The van der Waals surface area contributed by atoms with Crippen molar-refractivity contribution in [2.75, 3.05) is 36.2 Å². The monoisotopic (exact) mass is 416 g/mol. The molecular weight excluding hydrogens is 392 g/mol. The Bertz CT molecular complexity index is 1140. The molecule has 158 valence electrons. The molecule has 7 nitrogen and oxygen atoms in total. The summed E-state index contributed by atoms with van der Waals surface area (Å²) in [4.78, 5) is 32.6. The Morgan fingerprint density at radius 1 is 1.00 bits per heavy atom. The van der Waals surface area contributed by atoms with E-state index in [1.165, 1.54) is 12.3 Å². The lowest BCUT2D eigenvalue weighted by Gasteiger charge is -2.32. The van der Waals surface area contributed by atoms with Crippen LogP contribution in [0.25, 0.3) is 0 Å². The molecule has 3 heterocycles. The molecule has 0 radical (unpaired) electrons. The van der Waals surface area contributed by atoms with Crippen LogP contribution in [-0.4, -0.2) is 41.9 Å². The third kappa shape index (κ3) is 3.72. The van der Waals surface area contributed by atoms with Crippen LogP contribution < -0.4 is 15.5 Å². The minimum atomic E-state index is -0.180. The Morgan fingerprint density at radius 3 is 2.55 bits per heavy atom. The Hall–Kier alpha value is -3.45. The number of amides is 1. The lowest BCUT2D eigenvalue weighted by Crippen LogP contribution is -2.50. The number of anilines is 1. The van der Waals surface area contributed by atoms with Gasteiger partial charge in [0.25, 0.3) is 5.56 Å². The van der Waals surface area contributed by atoms with Gasteiger partial charge in [-0.15, -0.1) is 0 Å². The van der Waals surface area contributed by atoms with Gasteiger partial charge in [0.15, 0.2) is 0 Å². The number of morpholine rings is 1. The summed E-state index contributed by atoms with van der Waals surface area (Å²) in [5.41, 5.74) is 2.99. The summed E-state index contributed by atoms with van der Waals surface area (Å²) >= 11 is 0. The zero-order chi connectivity index (χ0) is 21.2. The minimum absolute atomic E-state index is 0.0467. The molecule has 0 unspecified atom stereocenters. The van der Waals surface area contributed by atoms with Crippen molar-refractivity contribution in [3.63, 3.8) is 0 Å². The van der Waals surface area contributed by atoms with E-state index in [9.17, 15) is 9.59 Å². The zero-order valence-electron chi connectivity index (χ0n) is 17.2. The topological polar surface area (TPSA) is 67.7 Å². The van der Waals surface area contributed by atoms with Gasteiger partial charge in [-0.3, -0.25) is 9.59 Å². The van der Waals surface area contributed by atoms with Crippen molar-refractivity contribution in [3.05, 3.63) is 94.2 Å². The maximum atomic E-state index is 13.6. The van der Waals surface area contributed by atoms with Crippen LogP contribution in [0.2, 0.25) is 0 Å². The molecule has 0 bridgehead atoms. The third-order valence-corrected chi connectivity index (χ3v) is 5.90. The van der Waals surface area contributed by atoms with Crippen LogP contribution in [0.5, 0.6) is 0 Å².